The number of carboxylic acid groups (broad SMARTS) is 1. The number of hydrogen-bond donors (Lipinski definition) is 4. The normalized spacial score (nSPS) is 14.3. The van der Waals surface area contributed by atoms with Crippen LogP contribution in [0.25, 0.3) is 11.0 Å². The van der Waals surface area contributed by atoms with Gasteiger partial charge in [0.05, 0.1) is 17.0 Å². The third kappa shape index (κ3) is 6.29. The van der Waals surface area contributed by atoms with Gasteiger partial charge in [0.25, 0.3) is 0 Å². The fourth-order valence-corrected chi connectivity index (χ4v) is 4.18. The van der Waals surface area contributed by atoms with Crippen molar-refractivity contribution in [3.63, 3.8) is 0 Å². The molecule has 0 radical (unpaired) electrons. The van der Waals surface area contributed by atoms with Crippen molar-refractivity contribution < 1.29 is 14.3 Å². The second kappa shape index (κ2) is 11.9. The van der Waals surface area contributed by atoms with Gasteiger partial charge in [0.2, 0.25) is 0 Å². The van der Waals surface area contributed by atoms with E-state index in [0.29, 0.717) is 22.5 Å². The maximum Gasteiger partial charge on any atom is 0.337 e. The Morgan fingerprint density at radius 3 is 2.54 bits per heavy atom. The Balaban J connectivity index is 0.000000623. The topological polar surface area (TPSA) is 133 Å². The fourth-order valence-electron chi connectivity index (χ4n) is 4.18. The highest BCUT2D eigenvalue weighted by atomic mass is 16.4. The Morgan fingerprint density at radius 2 is 1.91 bits per heavy atom. The minimum Gasteiger partial charge on any atom is -0.478 e. The van der Waals surface area contributed by atoms with Gasteiger partial charge in [-0.2, -0.15) is 0 Å². The molecule has 1 unspecified atom stereocenters. The van der Waals surface area contributed by atoms with E-state index in [0.717, 1.165) is 43.3 Å². The molecular weight excluding hydrogens is 444 g/mol. The quantitative estimate of drug-likeness (QED) is 0.365. The number of nitrogens with zero attached hydrogens (tertiary/aromatic N) is 1. The first kappa shape index (κ1) is 25.6. The van der Waals surface area contributed by atoms with Gasteiger partial charge in [0.1, 0.15) is 5.58 Å². The molecular formula is C27H32N4O4. The largest absolute Gasteiger partial charge is 0.478 e. The van der Waals surface area contributed by atoms with E-state index in [1.165, 1.54) is 18.7 Å². The maximum atomic E-state index is 12.9. The van der Waals surface area contributed by atoms with Crippen molar-refractivity contribution in [2.45, 2.75) is 39.2 Å². The third-order valence-corrected chi connectivity index (χ3v) is 5.86. The number of hydrogen-bond acceptors (Lipinski definition) is 7. The monoisotopic (exact) mass is 476 g/mol. The van der Waals surface area contributed by atoms with Crippen molar-refractivity contribution in [2.75, 3.05) is 23.3 Å². The molecule has 4 rings (SSSR count). The summed E-state index contributed by atoms with van der Waals surface area (Å²) in [6.45, 7) is 5.66. The van der Waals surface area contributed by atoms with Crippen LogP contribution in [0.2, 0.25) is 0 Å². The van der Waals surface area contributed by atoms with Crippen LogP contribution in [0.15, 0.2) is 64.0 Å². The lowest BCUT2D eigenvalue weighted by Gasteiger charge is -2.27. The van der Waals surface area contributed by atoms with Crippen LogP contribution >= 0.6 is 0 Å². The van der Waals surface area contributed by atoms with Gasteiger partial charge in [-0.05, 0) is 69.1 Å². The zero-order valence-electron chi connectivity index (χ0n) is 20.1. The highest BCUT2D eigenvalue weighted by molar-refractivity contribution is 5.94. The second-order valence-electron chi connectivity index (χ2n) is 8.50. The number of carbonyl (C=O) groups is 1. The molecule has 1 aliphatic heterocycles. The Labute approximate surface area is 204 Å². The molecule has 2 aromatic carbocycles. The highest BCUT2D eigenvalue weighted by Gasteiger charge is 2.20. The van der Waals surface area contributed by atoms with Gasteiger partial charge in [0.15, 0.2) is 11.3 Å². The van der Waals surface area contributed by atoms with Crippen LogP contribution in [0.4, 0.5) is 11.6 Å². The van der Waals surface area contributed by atoms with Crippen molar-refractivity contribution in [2.24, 2.45) is 5.73 Å². The molecule has 0 saturated carbocycles. The molecule has 184 valence electrons. The number of rotatable bonds is 6. The smallest absolute Gasteiger partial charge is 0.337 e. The van der Waals surface area contributed by atoms with Crippen molar-refractivity contribution in [3.8, 4) is 0 Å². The van der Waals surface area contributed by atoms with Crippen LogP contribution in [-0.2, 0) is 0 Å². The first-order chi connectivity index (χ1) is 16.8. The van der Waals surface area contributed by atoms with Crippen LogP contribution in [0.1, 0.15) is 53.7 Å². The van der Waals surface area contributed by atoms with E-state index in [2.05, 4.69) is 10.2 Å². The van der Waals surface area contributed by atoms with Gasteiger partial charge in [-0.3, -0.25) is 4.79 Å². The van der Waals surface area contributed by atoms with Crippen molar-refractivity contribution in [1.29, 1.82) is 5.41 Å². The lowest BCUT2D eigenvalue weighted by molar-refractivity contribution is 0.0698. The predicted octanol–water partition coefficient (Wildman–Crippen LogP) is 5.07. The van der Waals surface area contributed by atoms with Crippen LogP contribution < -0.4 is 21.4 Å². The molecule has 0 bridgehead atoms. The average molecular weight is 477 g/mol. The third-order valence-electron chi connectivity index (χ3n) is 5.86. The molecule has 1 saturated heterocycles. The number of para-hydroxylation sites is 1. The molecule has 35 heavy (non-hydrogen) atoms. The maximum absolute atomic E-state index is 12.9. The van der Waals surface area contributed by atoms with E-state index >= 15 is 0 Å². The van der Waals surface area contributed by atoms with E-state index < -0.39 is 5.97 Å². The number of aromatic carboxylic acids is 1. The molecule has 1 aliphatic rings. The summed E-state index contributed by atoms with van der Waals surface area (Å²) in [6.07, 6.45) is 7.26. The molecule has 5 N–H and O–H groups in total. The zero-order valence-corrected chi connectivity index (χ0v) is 20.1. The molecule has 0 aliphatic carbocycles. The van der Waals surface area contributed by atoms with Gasteiger partial charge in [-0.15, -0.1) is 0 Å². The summed E-state index contributed by atoms with van der Waals surface area (Å²) in [7, 11) is 0. The van der Waals surface area contributed by atoms with Gasteiger partial charge >= 0.3 is 5.97 Å². The SMILES string of the molecule is Cc1cc(C(C)Nc2ccccc2C(=O)O)c2oc(N3CCCCC3)cc(=O)c2c1.N=C/C=C\N. The molecule has 8 heteroatoms. The van der Waals surface area contributed by atoms with Crippen molar-refractivity contribution in [1.82, 2.24) is 0 Å². The Kier molecular flexibility index (Phi) is 8.67. The first-order valence-electron chi connectivity index (χ1n) is 11.6. The molecule has 1 fully saturated rings. The Bertz CT molecular complexity index is 1280. The lowest BCUT2D eigenvalue weighted by Crippen LogP contribution is -2.30. The van der Waals surface area contributed by atoms with Crippen LogP contribution in [0, 0.1) is 12.3 Å². The number of benzene rings is 2. The number of anilines is 2. The van der Waals surface area contributed by atoms with Gasteiger partial charge < -0.3 is 30.9 Å². The zero-order chi connectivity index (χ0) is 25.4. The van der Waals surface area contributed by atoms with Crippen LogP contribution in [0.3, 0.4) is 0 Å². The molecule has 1 aromatic heterocycles. The minimum absolute atomic E-state index is 0.0556. The second-order valence-corrected chi connectivity index (χ2v) is 8.50. The Morgan fingerprint density at radius 1 is 1.20 bits per heavy atom. The van der Waals surface area contributed by atoms with Gasteiger partial charge in [-0.25, -0.2) is 4.79 Å². The summed E-state index contributed by atoms with van der Waals surface area (Å²) in [5.41, 5.74) is 7.83. The predicted molar refractivity (Wildman–Crippen MR) is 141 cm³/mol. The highest BCUT2D eigenvalue weighted by Crippen LogP contribution is 2.31. The first-order valence-corrected chi connectivity index (χ1v) is 11.6. The van der Waals surface area contributed by atoms with E-state index in [1.54, 1.807) is 30.3 Å². The molecule has 8 nitrogen and oxygen atoms in total. The molecule has 3 aromatic rings. The number of nitrogens with one attached hydrogen (secondary N) is 2. The lowest BCUT2D eigenvalue weighted by atomic mass is 10.0. The van der Waals surface area contributed by atoms with Gasteiger partial charge in [-0.1, -0.05) is 18.2 Å². The van der Waals surface area contributed by atoms with E-state index in [4.69, 9.17) is 15.6 Å². The van der Waals surface area contributed by atoms with E-state index in [-0.39, 0.29) is 17.0 Å². The Hall–Kier alpha value is -4.07. The number of aryl methyl sites for hydroxylation is 1. The van der Waals surface area contributed by atoms with E-state index in [1.807, 2.05) is 26.0 Å². The van der Waals surface area contributed by atoms with Crippen LogP contribution in [-0.4, -0.2) is 30.4 Å². The van der Waals surface area contributed by atoms with Crippen molar-refractivity contribution in [3.05, 3.63) is 81.7 Å². The number of piperidine rings is 1. The summed E-state index contributed by atoms with van der Waals surface area (Å²) in [5.74, 6) is -0.381. The summed E-state index contributed by atoms with van der Waals surface area (Å²) in [5, 5.41) is 19.6. The van der Waals surface area contributed by atoms with Gasteiger partial charge in [0, 0.05) is 36.6 Å². The summed E-state index contributed by atoms with van der Waals surface area (Å²) >= 11 is 0. The summed E-state index contributed by atoms with van der Waals surface area (Å²) in [6, 6.07) is 12.0. The van der Waals surface area contributed by atoms with Crippen molar-refractivity contribution >= 4 is 34.7 Å². The molecule has 2 heterocycles. The molecule has 0 spiro atoms. The fraction of sp³-hybridized carbons (Fsp3) is 0.296. The average Bonchev–Trinajstić information content (AvgIpc) is 2.85. The summed E-state index contributed by atoms with van der Waals surface area (Å²) in [4.78, 5) is 26.6. The number of fused-ring (bicyclic) bond motifs is 1. The molecule has 0 amide bonds. The van der Waals surface area contributed by atoms with Crippen LogP contribution in [0.5, 0.6) is 0 Å². The number of nitrogens with two attached hydrogens (primary N) is 1. The van der Waals surface area contributed by atoms with E-state index in [9.17, 15) is 14.7 Å². The number of carboxylic acids is 1. The molecule has 1 atom stereocenters. The summed E-state index contributed by atoms with van der Waals surface area (Å²) < 4.78 is 6.27. The number of allylic oxidation sites excluding steroid dienone is 1. The standard InChI is InChI=1S/C24H26N2O4.C3H6N2/c1-15-12-18(16(2)25-20-9-5-4-8-17(20)24(28)29)23-19(13-15)21(27)14-22(30-23)26-10-6-3-7-11-26;4-2-1-3-5/h4-5,8-9,12-14,16,25H,3,6-7,10-11H2,1-2H3,(H,28,29);1-4H,5H2/b;3-1-,4-2?. The minimum atomic E-state index is -0.988.